The third kappa shape index (κ3) is 9.46. The van der Waals surface area contributed by atoms with E-state index in [1.165, 1.54) is 28.2 Å². The normalized spacial score (nSPS) is 13.5. The molecule has 0 fully saturated rings. The summed E-state index contributed by atoms with van der Waals surface area (Å²) in [4.78, 5) is 0. The maximum Gasteiger partial charge on any atom is -0.00293 e. The van der Waals surface area contributed by atoms with Gasteiger partial charge in [0.05, 0.1) is 0 Å². The van der Waals surface area contributed by atoms with Gasteiger partial charge in [0.25, 0.3) is 0 Å². The zero-order chi connectivity index (χ0) is 34.4. The highest BCUT2D eigenvalue weighted by Gasteiger charge is 2.30. The van der Waals surface area contributed by atoms with Crippen molar-refractivity contribution in [2.75, 3.05) is 5.90 Å². The number of benzene rings is 4. The molecule has 0 radical (unpaired) electrons. The van der Waals surface area contributed by atoms with Gasteiger partial charge >= 0.3 is 0 Å². The van der Waals surface area contributed by atoms with Gasteiger partial charge in [-0.05, 0) is 109 Å². The van der Waals surface area contributed by atoms with E-state index in [1.54, 1.807) is 32.9 Å². The van der Waals surface area contributed by atoms with Crippen LogP contribution in [-0.2, 0) is 12.3 Å². The first-order chi connectivity index (χ1) is 22.3. The van der Waals surface area contributed by atoms with E-state index in [4.69, 9.17) is 0 Å². The second kappa shape index (κ2) is 16.9. The summed E-state index contributed by atoms with van der Waals surface area (Å²) in [5, 5.41) is 3.41. The van der Waals surface area contributed by atoms with E-state index in [1.807, 2.05) is 0 Å². The van der Waals surface area contributed by atoms with Gasteiger partial charge in [0.2, 0.25) is 0 Å². The quantitative estimate of drug-likeness (QED) is 0.118. The molecule has 2 unspecified atom stereocenters. The molecule has 2 atom stereocenters. The molecule has 0 aliphatic carbocycles. The van der Waals surface area contributed by atoms with Gasteiger partial charge in [0.1, 0.15) is 0 Å². The molecule has 0 saturated heterocycles. The lowest BCUT2D eigenvalue weighted by atomic mass is 9.89. The molecule has 0 aromatic heterocycles. The number of hydrogen-bond acceptors (Lipinski definition) is 0. The Bertz CT molecular complexity index is 1380. The highest BCUT2D eigenvalue weighted by Crippen LogP contribution is 2.57. The molecule has 0 N–H and O–H groups in total. The van der Waals surface area contributed by atoms with Crippen molar-refractivity contribution in [2.24, 2.45) is 0 Å². The molecule has 4 aromatic rings. The van der Waals surface area contributed by atoms with E-state index in [2.05, 4.69) is 168 Å². The average Bonchev–Trinajstić information content (AvgIpc) is 3.03. The Morgan fingerprint density at radius 3 is 0.894 bits per heavy atom. The topological polar surface area (TPSA) is 0 Å². The van der Waals surface area contributed by atoms with Gasteiger partial charge in [-0.1, -0.05) is 184 Å². The SMILES string of the molecule is CC(C)c1cc(C(C)C)c(P(Cc2ccccc2)CP(Cc2ccccc2)c2c(C(C)C)cc(C(C)C)cc2C(C)C)c(C(C)C)c1. The van der Waals surface area contributed by atoms with E-state index >= 15 is 0 Å². The summed E-state index contributed by atoms with van der Waals surface area (Å²) >= 11 is 0. The van der Waals surface area contributed by atoms with Crippen molar-refractivity contribution >= 4 is 26.5 Å². The van der Waals surface area contributed by atoms with Crippen molar-refractivity contribution in [2.45, 2.75) is 131 Å². The van der Waals surface area contributed by atoms with E-state index in [-0.39, 0.29) is 0 Å². The minimum absolute atomic E-state index is 0.484. The van der Waals surface area contributed by atoms with E-state index in [0.717, 1.165) is 12.3 Å². The third-order valence-electron chi connectivity index (χ3n) is 9.61. The summed E-state index contributed by atoms with van der Waals surface area (Å²) in [6, 6.07) is 33.1. The van der Waals surface area contributed by atoms with Gasteiger partial charge in [-0.25, -0.2) is 0 Å². The molecule has 47 heavy (non-hydrogen) atoms. The average molecular weight is 665 g/mol. The third-order valence-corrected chi connectivity index (χ3v) is 16.1. The summed E-state index contributed by atoms with van der Waals surface area (Å²) in [5.74, 6) is 4.27. The summed E-state index contributed by atoms with van der Waals surface area (Å²) < 4.78 is 0. The molecule has 4 aromatic carbocycles. The molecule has 0 heterocycles. The van der Waals surface area contributed by atoms with Crippen molar-refractivity contribution in [3.8, 4) is 0 Å². The summed E-state index contributed by atoms with van der Waals surface area (Å²) in [5.41, 5.74) is 12.3. The second-order valence-electron chi connectivity index (χ2n) is 15.5. The Morgan fingerprint density at radius 1 is 0.383 bits per heavy atom. The standard InChI is InChI=1S/C45H62P2/c1-30(2)38-23-40(32(5)6)44(41(24-38)33(7)8)46(27-36-19-15-13-16-20-36)29-47(28-37-21-17-14-18-22-37)45-42(34(9)10)25-39(31(3)4)26-43(45)35(11)12/h13-26,30-35H,27-29H2,1-12H3. The molecule has 0 aliphatic rings. The van der Waals surface area contributed by atoms with E-state index < -0.39 is 15.8 Å². The van der Waals surface area contributed by atoms with Gasteiger partial charge < -0.3 is 0 Å². The molecule has 0 nitrogen and oxygen atoms in total. The van der Waals surface area contributed by atoms with Crippen LogP contribution in [0.3, 0.4) is 0 Å². The molecule has 252 valence electrons. The summed E-state index contributed by atoms with van der Waals surface area (Å²) in [7, 11) is -0.968. The molecule has 2 heteroatoms. The second-order valence-corrected chi connectivity index (χ2v) is 20.4. The molecule has 4 rings (SSSR count). The van der Waals surface area contributed by atoms with Gasteiger partial charge in [-0.15, -0.1) is 0 Å². The van der Waals surface area contributed by atoms with Gasteiger partial charge in [0.15, 0.2) is 0 Å². The first-order valence-electron chi connectivity index (χ1n) is 18.2. The van der Waals surface area contributed by atoms with Crippen LogP contribution in [0.25, 0.3) is 0 Å². The fourth-order valence-corrected chi connectivity index (χ4v) is 14.7. The maximum atomic E-state index is 2.59. The molecule has 0 spiro atoms. The monoisotopic (exact) mass is 664 g/mol. The van der Waals surface area contributed by atoms with Gasteiger partial charge in [-0.3, -0.25) is 0 Å². The minimum atomic E-state index is -0.484. The molecular formula is C45H62P2. The predicted molar refractivity (Wildman–Crippen MR) is 216 cm³/mol. The van der Waals surface area contributed by atoms with Crippen LogP contribution in [0.4, 0.5) is 0 Å². The van der Waals surface area contributed by atoms with E-state index in [0.29, 0.717) is 35.5 Å². The van der Waals surface area contributed by atoms with Crippen LogP contribution < -0.4 is 10.6 Å². The minimum Gasteiger partial charge on any atom is -0.0655 e. The Hall–Kier alpha value is -2.26. The fraction of sp³-hybridized carbons (Fsp3) is 0.467. The first kappa shape index (κ1) is 37.6. The lowest BCUT2D eigenvalue weighted by Crippen LogP contribution is -2.24. The zero-order valence-electron chi connectivity index (χ0n) is 31.6. The van der Waals surface area contributed by atoms with Crippen molar-refractivity contribution in [1.82, 2.24) is 0 Å². The first-order valence-corrected chi connectivity index (χ1v) is 21.6. The zero-order valence-corrected chi connectivity index (χ0v) is 33.4. The fourth-order valence-electron chi connectivity index (χ4n) is 6.78. The van der Waals surface area contributed by atoms with Crippen LogP contribution in [0.5, 0.6) is 0 Å². The van der Waals surface area contributed by atoms with Crippen LogP contribution in [0, 0.1) is 0 Å². The number of hydrogen-bond donors (Lipinski definition) is 0. The lowest BCUT2D eigenvalue weighted by molar-refractivity contribution is 0.813. The van der Waals surface area contributed by atoms with Gasteiger partial charge in [-0.2, -0.15) is 0 Å². The highest BCUT2D eigenvalue weighted by molar-refractivity contribution is 7.81. The van der Waals surface area contributed by atoms with Crippen molar-refractivity contribution < 1.29 is 0 Å². The van der Waals surface area contributed by atoms with Gasteiger partial charge in [0, 0.05) is 0 Å². The Labute approximate surface area is 291 Å². The largest absolute Gasteiger partial charge is 0.0655 e. The van der Waals surface area contributed by atoms with Crippen LogP contribution in [0.15, 0.2) is 84.9 Å². The summed E-state index contributed by atoms with van der Waals surface area (Å²) in [6.07, 6.45) is 2.28. The Kier molecular flexibility index (Phi) is 13.5. The molecule has 0 saturated carbocycles. The van der Waals surface area contributed by atoms with Crippen molar-refractivity contribution in [3.05, 3.63) is 129 Å². The van der Waals surface area contributed by atoms with Crippen LogP contribution in [0.2, 0.25) is 0 Å². The smallest absolute Gasteiger partial charge is 0.00293 e. The molecule has 0 aliphatic heterocycles. The number of rotatable bonds is 14. The van der Waals surface area contributed by atoms with Crippen molar-refractivity contribution in [3.63, 3.8) is 0 Å². The van der Waals surface area contributed by atoms with E-state index in [9.17, 15) is 0 Å². The Balaban J connectivity index is 2.03. The molecule has 0 amide bonds. The van der Waals surface area contributed by atoms with Crippen LogP contribution >= 0.6 is 15.8 Å². The lowest BCUT2D eigenvalue weighted by Gasteiger charge is -2.34. The Morgan fingerprint density at radius 2 is 0.660 bits per heavy atom. The van der Waals surface area contributed by atoms with Crippen LogP contribution in [0.1, 0.15) is 163 Å². The van der Waals surface area contributed by atoms with Crippen LogP contribution in [-0.4, -0.2) is 5.90 Å². The van der Waals surface area contributed by atoms with Crippen molar-refractivity contribution in [1.29, 1.82) is 0 Å². The summed E-state index contributed by atoms with van der Waals surface area (Å²) in [6.45, 7) is 28.8. The maximum absolute atomic E-state index is 2.59. The molecular weight excluding hydrogens is 602 g/mol. The highest BCUT2D eigenvalue weighted by atomic mass is 31.2. The predicted octanol–water partition coefficient (Wildman–Crippen LogP) is 13.7. The molecule has 0 bridgehead atoms.